The standard InChI is InChI=1S/C20H21FN4O3/c21-16-3-1-4-17(15(16)13-22)23-8-9-24-19(26)14-6-10-25(11-7-14)20(27)18-5-2-12-28-18/h1-5,12,14,23H,6-11H2,(H,24,26). The van der Waals surface area contributed by atoms with Crippen LogP contribution in [0.2, 0.25) is 0 Å². The van der Waals surface area contributed by atoms with Gasteiger partial charge >= 0.3 is 0 Å². The van der Waals surface area contributed by atoms with Crippen LogP contribution < -0.4 is 10.6 Å². The molecule has 0 unspecified atom stereocenters. The molecule has 8 heteroatoms. The van der Waals surface area contributed by atoms with Gasteiger partial charge in [-0.25, -0.2) is 4.39 Å². The number of nitrogens with zero attached hydrogens (tertiary/aromatic N) is 2. The minimum absolute atomic E-state index is 0.0394. The number of likely N-dealkylation sites (tertiary alicyclic amines) is 1. The van der Waals surface area contributed by atoms with Gasteiger partial charge in [0.05, 0.1) is 12.0 Å². The Hall–Kier alpha value is -3.34. The lowest BCUT2D eigenvalue weighted by molar-refractivity contribution is -0.126. The largest absolute Gasteiger partial charge is 0.459 e. The topological polar surface area (TPSA) is 98.4 Å². The second-order valence-electron chi connectivity index (χ2n) is 6.54. The lowest BCUT2D eigenvalue weighted by Crippen LogP contribution is -2.43. The average Bonchev–Trinajstić information content (AvgIpc) is 3.25. The van der Waals surface area contributed by atoms with E-state index in [4.69, 9.17) is 9.68 Å². The highest BCUT2D eigenvalue weighted by Gasteiger charge is 2.28. The van der Waals surface area contributed by atoms with Gasteiger partial charge in [-0.2, -0.15) is 5.26 Å². The first-order valence-corrected chi connectivity index (χ1v) is 9.13. The van der Waals surface area contributed by atoms with Crippen molar-refractivity contribution in [2.75, 3.05) is 31.5 Å². The van der Waals surface area contributed by atoms with E-state index < -0.39 is 5.82 Å². The Morgan fingerprint density at radius 2 is 2.00 bits per heavy atom. The van der Waals surface area contributed by atoms with Crippen molar-refractivity contribution < 1.29 is 18.4 Å². The normalized spacial score (nSPS) is 14.4. The van der Waals surface area contributed by atoms with Crippen LogP contribution in [0.3, 0.4) is 0 Å². The van der Waals surface area contributed by atoms with Gasteiger partial charge in [0.25, 0.3) is 5.91 Å². The Morgan fingerprint density at radius 1 is 1.21 bits per heavy atom. The Balaban J connectivity index is 1.40. The van der Waals surface area contributed by atoms with Crippen molar-refractivity contribution in [3.8, 4) is 6.07 Å². The summed E-state index contributed by atoms with van der Waals surface area (Å²) in [6.07, 6.45) is 2.65. The highest BCUT2D eigenvalue weighted by atomic mass is 19.1. The lowest BCUT2D eigenvalue weighted by Gasteiger charge is -2.30. The van der Waals surface area contributed by atoms with Crippen LogP contribution in [0.1, 0.15) is 29.0 Å². The molecule has 1 aliphatic heterocycles. The van der Waals surface area contributed by atoms with Gasteiger partial charge in [0.15, 0.2) is 5.76 Å². The Labute approximate surface area is 162 Å². The summed E-state index contributed by atoms with van der Waals surface area (Å²) >= 11 is 0. The number of furan rings is 1. The van der Waals surface area contributed by atoms with Crippen molar-refractivity contribution >= 4 is 17.5 Å². The molecule has 0 spiro atoms. The van der Waals surface area contributed by atoms with Crippen molar-refractivity contribution in [3.05, 3.63) is 53.7 Å². The fraction of sp³-hybridized carbons (Fsp3) is 0.350. The Morgan fingerprint density at radius 3 is 2.68 bits per heavy atom. The van der Waals surface area contributed by atoms with Gasteiger partial charge in [-0.1, -0.05) is 6.07 Å². The third-order valence-electron chi connectivity index (χ3n) is 4.75. The summed E-state index contributed by atoms with van der Waals surface area (Å²) in [6, 6.07) is 9.50. The minimum atomic E-state index is -0.576. The van der Waals surface area contributed by atoms with Gasteiger partial charge in [-0.15, -0.1) is 0 Å². The second-order valence-corrected chi connectivity index (χ2v) is 6.54. The molecule has 1 fully saturated rings. The summed E-state index contributed by atoms with van der Waals surface area (Å²) in [5.74, 6) is -0.636. The zero-order valence-electron chi connectivity index (χ0n) is 15.3. The highest BCUT2D eigenvalue weighted by molar-refractivity contribution is 5.91. The van der Waals surface area contributed by atoms with E-state index in [9.17, 15) is 14.0 Å². The number of nitriles is 1. The van der Waals surface area contributed by atoms with Gasteiger partial charge in [-0.3, -0.25) is 9.59 Å². The predicted octanol–water partition coefficient (Wildman–Crippen LogP) is 2.37. The Bertz CT molecular complexity index is 868. The second kappa shape index (κ2) is 9.04. The maximum atomic E-state index is 13.5. The van der Waals surface area contributed by atoms with E-state index in [1.165, 1.54) is 18.4 Å². The van der Waals surface area contributed by atoms with Crippen molar-refractivity contribution in [1.29, 1.82) is 5.26 Å². The van der Waals surface area contributed by atoms with Crippen LogP contribution in [0.15, 0.2) is 41.0 Å². The number of anilines is 1. The summed E-state index contributed by atoms with van der Waals surface area (Å²) in [5.41, 5.74) is 0.365. The van der Waals surface area contributed by atoms with E-state index in [1.54, 1.807) is 23.1 Å². The number of nitrogens with one attached hydrogen (secondary N) is 2. The van der Waals surface area contributed by atoms with Gasteiger partial charge in [-0.05, 0) is 37.1 Å². The molecule has 3 rings (SSSR count). The molecule has 1 aliphatic rings. The molecule has 2 heterocycles. The maximum absolute atomic E-state index is 13.5. The van der Waals surface area contributed by atoms with E-state index in [2.05, 4.69) is 10.6 Å². The van der Waals surface area contributed by atoms with Crippen LogP contribution in [-0.4, -0.2) is 42.9 Å². The number of hydrogen-bond acceptors (Lipinski definition) is 5. The van der Waals surface area contributed by atoms with Crippen molar-refractivity contribution in [2.24, 2.45) is 5.92 Å². The lowest BCUT2D eigenvalue weighted by atomic mass is 9.95. The first kappa shape index (κ1) is 19.4. The van der Waals surface area contributed by atoms with Gasteiger partial charge in [0.2, 0.25) is 5.91 Å². The molecule has 146 valence electrons. The molecule has 7 nitrogen and oxygen atoms in total. The maximum Gasteiger partial charge on any atom is 0.289 e. The number of benzene rings is 1. The molecule has 0 saturated carbocycles. The molecular formula is C20H21FN4O3. The van der Waals surface area contributed by atoms with Crippen molar-refractivity contribution in [2.45, 2.75) is 12.8 Å². The van der Waals surface area contributed by atoms with E-state index >= 15 is 0 Å². The predicted molar refractivity (Wildman–Crippen MR) is 99.9 cm³/mol. The van der Waals surface area contributed by atoms with Crippen LogP contribution >= 0.6 is 0 Å². The molecule has 2 N–H and O–H groups in total. The Kier molecular flexibility index (Phi) is 6.27. The SMILES string of the molecule is N#Cc1c(F)cccc1NCCNC(=O)C1CCN(C(=O)c2ccco2)CC1. The monoisotopic (exact) mass is 384 g/mol. The molecule has 1 aromatic heterocycles. The molecule has 0 atom stereocenters. The molecule has 28 heavy (non-hydrogen) atoms. The van der Waals surface area contributed by atoms with Gasteiger partial charge < -0.3 is 20.0 Å². The summed E-state index contributed by atoms with van der Waals surface area (Å²) in [4.78, 5) is 26.2. The number of rotatable bonds is 6. The number of hydrogen-bond donors (Lipinski definition) is 2. The van der Waals surface area contributed by atoms with Gasteiger partial charge in [0, 0.05) is 32.1 Å². The molecule has 2 aromatic rings. The molecule has 2 amide bonds. The average molecular weight is 384 g/mol. The van der Waals surface area contributed by atoms with E-state index in [-0.39, 0.29) is 23.3 Å². The zero-order valence-corrected chi connectivity index (χ0v) is 15.3. The molecule has 0 aliphatic carbocycles. The summed E-state index contributed by atoms with van der Waals surface area (Å²) in [6.45, 7) is 1.74. The number of amides is 2. The van der Waals surface area contributed by atoms with Gasteiger partial charge in [0.1, 0.15) is 17.4 Å². The molecule has 1 aromatic carbocycles. The number of piperidine rings is 1. The van der Waals surface area contributed by atoms with Crippen LogP contribution in [0.4, 0.5) is 10.1 Å². The summed E-state index contributed by atoms with van der Waals surface area (Å²) in [5, 5.41) is 14.8. The minimum Gasteiger partial charge on any atom is -0.459 e. The number of halogens is 1. The molecule has 0 bridgehead atoms. The fourth-order valence-corrected chi connectivity index (χ4v) is 3.21. The third kappa shape index (κ3) is 4.49. The quantitative estimate of drug-likeness (QED) is 0.745. The van der Waals surface area contributed by atoms with Crippen LogP contribution in [-0.2, 0) is 4.79 Å². The summed E-state index contributed by atoms with van der Waals surface area (Å²) in [7, 11) is 0. The first-order valence-electron chi connectivity index (χ1n) is 9.13. The molecule has 1 saturated heterocycles. The molecule has 0 radical (unpaired) electrons. The first-order chi connectivity index (χ1) is 13.6. The van der Waals surface area contributed by atoms with Crippen LogP contribution in [0.25, 0.3) is 0 Å². The summed E-state index contributed by atoms with van der Waals surface area (Å²) < 4.78 is 18.7. The highest BCUT2D eigenvalue weighted by Crippen LogP contribution is 2.20. The van der Waals surface area contributed by atoms with Crippen molar-refractivity contribution in [3.63, 3.8) is 0 Å². The number of carbonyl (C=O) groups excluding carboxylic acids is 2. The fourth-order valence-electron chi connectivity index (χ4n) is 3.21. The number of carbonyl (C=O) groups is 2. The molecular weight excluding hydrogens is 363 g/mol. The van der Waals surface area contributed by atoms with Crippen molar-refractivity contribution in [1.82, 2.24) is 10.2 Å². The zero-order chi connectivity index (χ0) is 19.9. The smallest absolute Gasteiger partial charge is 0.289 e. The third-order valence-corrected chi connectivity index (χ3v) is 4.75. The van der Waals surface area contributed by atoms with E-state index in [0.717, 1.165) is 0 Å². The van der Waals surface area contributed by atoms with Crippen LogP contribution in [0, 0.1) is 23.1 Å². The van der Waals surface area contributed by atoms with E-state index in [1.807, 2.05) is 6.07 Å². The van der Waals surface area contributed by atoms with Crippen LogP contribution in [0.5, 0.6) is 0 Å². The van der Waals surface area contributed by atoms with E-state index in [0.29, 0.717) is 50.5 Å².